The highest BCUT2D eigenvalue weighted by Gasteiger charge is 2.15. The van der Waals surface area contributed by atoms with Crippen molar-refractivity contribution in [1.82, 2.24) is 9.59 Å². The summed E-state index contributed by atoms with van der Waals surface area (Å²) in [7, 11) is 1.68. The lowest BCUT2D eigenvalue weighted by Crippen LogP contribution is -2.12. The Morgan fingerprint density at radius 2 is 2.06 bits per heavy atom. The minimum Gasteiger partial charge on any atom is -0.496 e. The quantitative estimate of drug-likeness (QED) is 0.906. The molecule has 0 spiro atoms. The molecule has 0 amide bonds. The molecule has 0 aliphatic heterocycles. The number of ether oxygens (including phenoxy) is 1. The molecule has 2 N–H and O–H groups in total. The van der Waals surface area contributed by atoms with Gasteiger partial charge in [-0.05, 0) is 48.1 Å². The molecule has 2 rings (SSSR count). The molecule has 5 heteroatoms. The van der Waals surface area contributed by atoms with Crippen molar-refractivity contribution in [3.8, 4) is 5.75 Å². The Bertz CT molecular complexity index is 511. The summed E-state index contributed by atoms with van der Waals surface area (Å²) in [6.45, 7) is 4.05. The molecular formula is C12H15N3OS. The maximum absolute atomic E-state index is 6.21. The van der Waals surface area contributed by atoms with Crippen molar-refractivity contribution in [3.63, 3.8) is 0 Å². The van der Waals surface area contributed by atoms with Crippen LogP contribution >= 0.6 is 11.5 Å². The van der Waals surface area contributed by atoms with Crippen molar-refractivity contribution < 1.29 is 4.74 Å². The van der Waals surface area contributed by atoms with Gasteiger partial charge in [-0.2, -0.15) is 0 Å². The van der Waals surface area contributed by atoms with Crippen LogP contribution in [0.1, 0.15) is 27.6 Å². The lowest BCUT2D eigenvalue weighted by atomic mass is 9.98. The fourth-order valence-corrected chi connectivity index (χ4v) is 2.36. The van der Waals surface area contributed by atoms with E-state index >= 15 is 0 Å². The summed E-state index contributed by atoms with van der Waals surface area (Å²) in [6.07, 6.45) is 1.72. The van der Waals surface area contributed by atoms with E-state index in [-0.39, 0.29) is 6.04 Å². The second kappa shape index (κ2) is 4.81. The van der Waals surface area contributed by atoms with Crippen LogP contribution in [0.15, 0.2) is 18.3 Å². The Balaban J connectivity index is 2.42. The predicted molar refractivity (Wildman–Crippen MR) is 68.4 cm³/mol. The van der Waals surface area contributed by atoms with Crippen LogP contribution < -0.4 is 10.5 Å². The molecule has 0 aliphatic rings. The number of nitrogens with two attached hydrogens (primary N) is 1. The van der Waals surface area contributed by atoms with E-state index in [9.17, 15) is 0 Å². The standard InChI is InChI=1S/C12H15N3OS/c1-7-5-10(16-3)8(2)4-9(7)12(13)11-6-14-15-17-11/h4-6,12H,13H2,1-3H3. The van der Waals surface area contributed by atoms with Crippen molar-refractivity contribution in [2.24, 2.45) is 5.73 Å². The van der Waals surface area contributed by atoms with Crippen LogP contribution in [0.4, 0.5) is 0 Å². The van der Waals surface area contributed by atoms with Crippen LogP contribution in [0.5, 0.6) is 5.75 Å². The van der Waals surface area contributed by atoms with Crippen LogP contribution in [-0.4, -0.2) is 16.7 Å². The van der Waals surface area contributed by atoms with E-state index in [4.69, 9.17) is 10.5 Å². The van der Waals surface area contributed by atoms with Gasteiger partial charge in [-0.1, -0.05) is 10.6 Å². The van der Waals surface area contributed by atoms with E-state index in [0.29, 0.717) is 0 Å². The molecule has 0 fully saturated rings. The third-order valence-electron chi connectivity index (χ3n) is 2.80. The summed E-state index contributed by atoms with van der Waals surface area (Å²) < 4.78 is 9.13. The average Bonchev–Trinajstić information content (AvgIpc) is 2.84. The normalized spacial score (nSPS) is 12.5. The van der Waals surface area contributed by atoms with Gasteiger partial charge < -0.3 is 10.5 Å². The Kier molecular flexibility index (Phi) is 3.40. The molecule has 1 unspecified atom stereocenters. The summed E-state index contributed by atoms with van der Waals surface area (Å²) in [4.78, 5) is 0.970. The number of benzene rings is 1. The Hall–Kier alpha value is -1.46. The minimum atomic E-state index is -0.167. The average molecular weight is 249 g/mol. The largest absolute Gasteiger partial charge is 0.496 e. The predicted octanol–water partition coefficient (Wildman–Crippen LogP) is 2.21. The van der Waals surface area contributed by atoms with Crippen molar-refractivity contribution >= 4 is 11.5 Å². The molecule has 1 aromatic heterocycles. The number of hydrogen-bond donors (Lipinski definition) is 1. The molecule has 1 heterocycles. The summed E-state index contributed by atoms with van der Waals surface area (Å²) >= 11 is 1.33. The zero-order valence-corrected chi connectivity index (χ0v) is 10.9. The molecule has 0 radical (unpaired) electrons. The maximum atomic E-state index is 6.21. The fourth-order valence-electron chi connectivity index (χ4n) is 1.83. The molecule has 4 nitrogen and oxygen atoms in total. The third-order valence-corrected chi connectivity index (χ3v) is 3.55. The van der Waals surface area contributed by atoms with Crippen LogP contribution in [0.25, 0.3) is 0 Å². The lowest BCUT2D eigenvalue weighted by Gasteiger charge is -2.15. The van der Waals surface area contributed by atoms with E-state index in [1.807, 2.05) is 19.9 Å². The summed E-state index contributed by atoms with van der Waals surface area (Å²) in [5.74, 6) is 0.890. The number of rotatable bonds is 3. The number of aromatic nitrogens is 2. The number of aryl methyl sites for hydroxylation is 2. The van der Waals surface area contributed by atoms with E-state index in [1.54, 1.807) is 13.3 Å². The lowest BCUT2D eigenvalue weighted by molar-refractivity contribution is 0.411. The zero-order valence-electron chi connectivity index (χ0n) is 10.1. The SMILES string of the molecule is COc1cc(C)c(C(N)c2cnns2)cc1C. The smallest absolute Gasteiger partial charge is 0.122 e. The molecular weight excluding hydrogens is 234 g/mol. The van der Waals surface area contributed by atoms with Crippen LogP contribution in [0.3, 0.4) is 0 Å². The van der Waals surface area contributed by atoms with Gasteiger partial charge in [0.1, 0.15) is 5.75 Å². The molecule has 2 aromatic rings. The fraction of sp³-hybridized carbons (Fsp3) is 0.333. The molecule has 17 heavy (non-hydrogen) atoms. The van der Waals surface area contributed by atoms with Crippen molar-refractivity contribution in [2.45, 2.75) is 19.9 Å². The monoisotopic (exact) mass is 249 g/mol. The first-order valence-corrected chi connectivity index (χ1v) is 6.08. The highest BCUT2D eigenvalue weighted by Crippen LogP contribution is 2.29. The maximum Gasteiger partial charge on any atom is 0.122 e. The first-order valence-electron chi connectivity index (χ1n) is 5.31. The summed E-state index contributed by atoms with van der Waals surface area (Å²) in [5.41, 5.74) is 9.51. The van der Waals surface area contributed by atoms with Crippen LogP contribution in [-0.2, 0) is 0 Å². The highest BCUT2D eigenvalue weighted by molar-refractivity contribution is 7.05. The molecule has 1 atom stereocenters. The van der Waals surface area contributed by atoms with Crippen molar-refractivity contribution in [3.05, 3.63) is 39.9 Å². The molecule has 90 valence electrons. The van der Waals surface area contributed by atoms with Crippen molar-refractivity contribution in [2.75, 3.05) is 7.11 Å². The molecule has 0 saturated carbocycles. The summed E-state index contributed by atoms with van der Waals surface area (Å²) in [5, 5.41) is 3.82. The highest BCUT2D eigenvalue weighted by atomic mass is 32.1. The van der Waals surface area contributed by atoms with Gasteiger partial charge in [0, 0.05) is 0 Å². The Morgan fingerprint density at radius 3 is 2.65 bits per heavy atom. The van der Waals surface area contributed by atoms with Gasteiger partial charge in [0.2, 0.25) is 0 Å². The second-order valence-electron chi connectivity index (χ2n) is 3.98. The van der Waals surface area contributed by atoms with E-state index < -0.39 is 0 Å². The number of nitrogens with zero attached hydrogens (tertiary/aromatic N) is 2. The first-order chi connectivity index (χ1) is 8.13. The van der Waals surface area contributed by atoms with E-state index in [1.165, 1.54) is 11.5 Å². The van der Waals surface area contributed by atoms with Crippen molar-refractivity contribution in [1.29, 1.82) is 0 Å². The van der Waals surface area contributed by atoms with E-state index in [0.717, 1.165) is 27.3 Å². The van der Waals surface area contributed by atoms with Gasteiger partial charge in [-0.25, -0.2) is 0 Å². The Labute approximate surface area is 105 Å². The van der Waals surface area contributed by atoms with Gasteiger partial charge >= 0.3 is 0 Å². The molecule has 0 bridgehead atoms. The topological polar surface area (TPSA) is 61.0 Å². The molecule has 0 saturated heterocycles. The van der Waals surface area contributed by atoms with Gasteiger partial charge in [0.15, 0.2) is 0 Å². The van der Waals surface area contributed by atoms with Gasteiger partial charge in [-0.15, -0.1) is 5.10 Å². The molecule has 0 aliphatic carbocycles. The van der Waals surface area contributed by atoms with Crippen LogP contribution in [0.2, 0.25) is 0 Å². The van der Waals surface area contributed by atoms with Crippen LogP contribution in [0, 0.1) is 13.8 Å². The zero-order chi connectivity index (χ0) is 12.4. The van der Waals surface area contributed by atoms with E-state index in [2.05, 4.69) is 15.7 Å². The first kappa shape index (κ1) is 12.0. The van der Waals surface area contributed by atoms with Gasteiger partial charge in [0.25, 0.3) is 0 Å². The number of hydrogen-bond acceptors (Lipinski definition) is 5. The minimum absolute atomic E-state index is 0.167. The molecule has 1 aromatic carbocycles. The second-order valence-corrected chi connectivity index (χ2v) is 4.79. The number of methoxy groups -OCH3 is 1. The Morgan fingerprint density at radius 1 is 1.29 bits per heavy atom. The third kappa shape index (κ3) is 2.30. The summed E-state index contributed by atoms with van der Waals surface area (Å²) in [6, 6.07) is 3.91. The van der Waals surface area contributed by atoms with Gasteiger partial charge in [-0.3, -0.25) is 0 Å². The van der Waals surface area contributed by atoms with Gasteiger partial charge in [0.05, 0.1) is 24.2 Å².